The zero-order valence-corrected chi connectivity index (χ0v) is 21.5. The number of hydrogen-bond donors (Lipinski definition) is 2. The second-order valence-electron chi connectivity index (χ2n) is 9.69. The van der Waals surface area contributed by atoms with Gasteiger partial charge in [0.25, 0.3) is 5.91 Å². The summed E-state index contributed by atoms with van der Waals surface area (Å²) in [5.74, 6) is 1.06. The van der Waals surface area contributed by atoms with Gasteiger partial charge in [-0.05, 0) is 54.8 Å². The number of rotatable bonds is 10. The zero-order valence-electron chi connectivity index (χ0n) is 20.7. The van der Waals surface area contributed by atoms with Crippen molar-refractivity contribution in [3.05, 3.63) is 52.2 Å². The molecule has 1 aromatic carbocycles. The standard InChI is InChI=1S/C27H38N4O3S/c1-34-23-10-5-9-21(15-23)27(33)31-18-22(16-25(31)26(32)29-13-12-28)30(19-24-11-6-14-35-24)17-20-7-3-2-4-8-20/h5-6,9-11,14-15,20,22,25H,2-4,7-8,12-13,16-19,28H2,1H3,(H,29,32). The SMILES string of the molecule is COc1cccc(C(=O)N2CC(N(Cc3cccs3)CC3CCCCC3)CC2C(=O)NCCN)c1. The Labute approximate surface area is 212 Å². The first-order valence-electron chi connectivity index (χ1n) is 12.8. The van der Waals surface area contributed by atoms with Gasteiger partial charge < -0.3 is 20.7 Å². The molecule has 2 aromatic rings. The molecule has 7 nitrogen and oxygen atoms in total. The summed E-state index contributed by atoms with van der Waals surface area (Å²) in [4.78, 5) is 32.4. The summed E-state index contributed by atoms with van der Waals surface area (Å²) in [6.45, 7) is 3.19. The molecule has 190 valence electrons. The molecule has 1 aliphatic heterocycles. The minimum Gasteiger partial charge on any atom is -0.497 e. The fraction of sp³-hybridized carbons (Fsp3) is 0.556. The molecule has 1 aliphatic carbocycles. The van der Waals surface area contributed by atoms with Crippen molar-refractivity contribution in [1.82, 2.24) is 15.1 Å². The molecule has 2 aliphatic rings. The number of nitrogens with one attached hydrogen (secondary N) is 1. The number of methoxy groups -OCH3 is 1. The lowest BCUT2D eigenvalue weighted by Crippen LogP contribution is -2.47. The average molecular weight is 499 g/mol. The van der Waals surface area contributed by atoms with Crippen molar-refractivity contribution in [3.8, 4) is 5.75 Å². The fourth-order valence-electron chi connectivity index (χ4n) is 5.43. The van der Waals surface area contributed by atoms with Crippen LogP contribution in [0.2, 0.25) is 0 Å². The summed E-state index contributed by atoms with van der Waals surface area (Å²) >= 11 is 1.77. The van der Waals surface area contributed by atoms with Gasteiger partial charge in [-0.3, -0.25) is 14.5 Å². The maximum Gasteiger partial charge on any atom is 0.254 e. The topological polar surface area (TPSA) is 87.9 Å². The first-order valence-corrected chi connectivity index (χ1v) is 13.7. The first-order chi connectivity index (χ1) is 17.1. The van der Waals surface area contributed by atoms with Crippen LogP contribution in [-0.2, 0) is 11.3 Å². The van der Waals surface area contributed by atoms with Gasteiger partial charge >= 0.3 is 0 Å². The van der Waals surface area contributed by atoms with E-state index in [4.69, 9.17) is 10.5 Å². The molecule has 0 radical (unpaired) electrons. The summed E-state index contributed by atoms with van der Waals surface area (Å²) in [7, 11) is 1.59. The Balaban J connectivity index is 1.57. The number of thiophene rings is 1. The van der Waals surface area contributed by atoms with Gasteiger partial charge in [0.15, 0.2) is 0 Å². The Bertz CT molecular complexity index is 961. The molecule has 4 rings (SSSR count). The molecule has 1 saturated heterocycles. The van der Waals surface area contributed by atoms with E-state index in [2.05, 4.69) is 27.7 Å². The van der Waals surface area contributed by atoms with Crippen molar-refractivity contribution in [3.63, 3.8) is 0 Å². The number of ether oxygens (including phenoxy) is 1. The average Bonchev–Trinajstić information content (AvgIpc) is 3.57. The van der Waals surface area contributed by atoms with Crippen molar-refractivity contribution in [1.29, 1.82) is 0 Å². The predicted octanol–water partition coefficient (Wildman–Crippen LogP) is 3.50. The van der Waals surface area contributed by atoms with Crippen LogP contribution in [0.25, 0.3) is 0 Å². The highest BCUT2D eigenvalue weighted by Crippen LogP contribution is 2.31. The largest absolute Gasteiger partial charge is 0.497 e. The third-order valence-electron chi connectivity index (χ3n) is 7.28. The third kappa shape index (κ3) is 6.63. The molecule has 35 heavy (non-hydrogen) atoms. The molecule has 2 unspecified atom stereocenters. The lowest BCUT2D eigenvalue weighted by atomic mass is 9.88. The summed E-state index contributed by atoms with van der Waals surface area (Å²) in [6, 6.07) is 11.1. The molecule has 0 bridgehead atoms. The Kier molecular flexibility index (Phi) is 9.18. The van der Waals surface area contributed by atoms with Gasteiger partial charge in [0.2, 0.25) is 5.91 Å². The zero-order chi connectivity index (χ0) is 24.6. The van der Waals surface area contributed by atoms with Crippen molar-refractivity contribution >= 4 is 23.2 Å². The van der Waals surface area contributed by atoms with Crippen LogP contribution in [0.4, 0.5) is 0 Å². The maximum atomic E-state index is 13.6. The molecular weight excluding hydrogens is 460 g/mol. The minimum absolute atomic E-state index is 0.122. The van der Waals surface area contributed by atoms with Gasteiger partial charge in [0.05, 0.1) is 7.11 Å². The summed E-state index contributed by atoms with van der Waals surface area (Å²) in [5, 5.41) is 5.04. The summed E-state index contributed by atoms with van der Waals surface area (Å²) in [6.07, 6.45) is 7.09. The first kappa shape index (κ1) is 25.7. The molecule has 2 fully saturated rings. The highest BCUT2D eigenvalue weighted by Gasteiger charge is 2.42. The van der Waals surface area contributed by atoms with E-state index < -0.39 is 6.04 Å². The number of hydrogen-bond acceptors (Lipinski definition) is 6. The molecule has 1 aromatic heterocycles. The predicted molar refractivity (Wildman–Crippen MR) is 140 cm³/mol. The molecule has 1 saturated carbocycles. The van der Waals surface area contributed by atoms with E-state index in [9.17, 15) is 9.59 Å². The highest BCUT2D eigenvalue weighted by atomic mass is 32.1. The van der Waals surface area contributed by atoms with E-state index in [-0.39, 0.29) is 17.9 Å². The van der Waals surface area contributed by atoms with Gasteiger partial charge in [-0.15, -0.1) is 11.3 Å². The second-order valence-corrected chi connectivity index (χ2v) is 10.7. The Hall–Kier alpha value is -2.42. The molecular formula is C27H38N4O3S. The summed E-state index contributed by atoms with van der Waals surface area (Å²) < 4.78 is 5.33. The van der Waals surface area contributed by atoms with E-state index in [0.29, 0.717) is 43.3 Å². The van der Waals surface area contributed by atoms with E-state index in [1.165, 1.54) is 37.0 Å². The van der Waals surface area contributed by atoms with Crippen LogP contribution in [0, 0.1) is 5.92 Å². The molecule has 0 spiro atoms. The second kappa shape index (κ2) is 12.5. The van der Waals surface area contributed by atoms with E-state index in [1.54, 1.807) is 35.5 Å². The monoisotopic (exact) mass is 498 g/mol. The number of carbonyl (C=O) groups excluding carboxylic acids is 2. The number of nitrogens with zero attached hydrogens (tertiary/aromatic N) is 2. The van der Waals surface area contributed by atoms with Crippen LogP contribution in [-0.4, -0.2) is 67.0 Å². The van der Waals surface area contributed by atoms with E-state index >= 15 is 0 Å². The normalized spacial score (nSPS) is 20.8. The van der Waals surface area contributed by atoms with Gasteiger partial charge in [-0.1, -0.05) is 31.4 Å². The Morgan fingerprint density at radius 1 is 1.20 bits per heavy atom. The van der Waals surface area contributed by atoms with E-state index in [1.807, 2.05) is 12.1 Å². The Morgan fingerprint density at radius 3 is 2.74 bits per heavy atom. The molecule has 8 heteroatoms. The number of nitrogens with two attached hydrogens (primary N) is 1. The number of likely N-dealkylation sites (tertiary alicyclic amines) is 1. The van der Waals surface area contributed by atoms with E-state index in [0.717, 1.165) is 13.1 Å². The van der Waals surface area contributed by atoms with Crippen LogP contribution in [0.1, 0.15) is 53.8 Å². The van der Waals surface area contributed by atoms with Gasteiger partial charge in [-0.25, -0.2) is 0 Å². The van der Waals surface area contributed by atoms with Crippen LogP contribution < -0.4 is 15.8 Å². The molecule has 2 atom stereocenters. The lowest BCUT2D eigenvalue weighted by Gasteiger charge is -2.33. The lowest BCUT2D eigenvalue weighted by molar-refractivity contribution is -0.124. The van der Waals surface area contributed by atoms with Gasteiger partial charge in [0.1, 0.15) is 11.8 Å². The van der Waals surface area contributed by atoms with Crippen LogP contribution in [0.3, 0.4) is 0 Å². The smallest absolute Gasteiger partial charge is 0.254 e. The third-order valence-corrected chi connectivity index (χ3v) is 8.14. The summed E-state index contributed by atoms with van der Waals surface area (Å²) in [5.41, 5.74) is 6.17. The molecule has 2 amide bonds. The number of amides is 2. The van der Waals surface area contributed by atoms with Gasteiger partial charge in [0, 0.05) is 49.2 Å². The van der Waals surface area contributed by atoms with Crippen molar-refractivity contribution in [2.45, 2.75) is 57.2 Å². The van der Waals surface area contributed by atoms with Crippen LogP contribution in [0.5, 0.6) is 5.75 Å². The van der Waals surface area contributed by atoms with Crippen LogP contribution >= 0.6 is 11.3 Å². The van der Waals surface area contributed by atoms with Crippen molar-refractivity contribution < 1.29 is 14.3 Å². The fourth-order valence-corrected chi connectivity index (χ4v) is 6.16. The highest BCUT2D eigenvalue weighted by molar-refractivity contribution is 7.09. The van der Waals surface area contributed by atoms with Crippen molar-refractivity contribution in [2.24, 2.45) is 11.7 Å². The van der Waals surface area contributed by atoms with Gasteiger partial charge in [-0.2, -0.15) is 0 Å². The maximum absolute atomic E-state index is 13.6. The van der Waals surface area contributed by atoms with Crippen LogP contribution in [0.15, 0.2) is 41.8 Å². The number of carbonyl (C=O) groups is 2. The molecule has 2 heterocycles. The molecule has 3 N–H and O–H groups in total. The quantitative estimate of drug-likeness (QED) is 0.524. The Morgan fingerprint density at radius 2 is 2.03 bits per heavy atom. The van der Waals surface area contributed by atoms with Crippen molar-refractivity contribution in [2.75, 3.05) is 33.3 Å². The number of benzene rings is 1. The minimum atomic E-state index is -0.512.